The minimum Gasteiger partial charge on any atom is -0.493 e. The van der Waals surface area contributed by atoms with E-state index in [4.69, 9.17) is 9.47 Å². The van der Waals surface area contributed by atoms with Gasteiger partial charge in [0, 0.05) is 19.6 Å². The van der Waals surface area contributed by atoms with Crippen molar-refractivity contribution in [2.24, 2.45) is 0 Å². The maximum atomic E-state index is 5.83. The van der Waals surface area contributed by atoms with Crippen molar-refractivity contribution in [1.82, 2.24) is 5.32 Å². The van der Waals surface area contributed by atoms with Gasteiger partial charge in [0.05, 0.1) is 13.2 Å². The van der Waals surface area contributed by atoms with Gasteiger partial charge in [0.25, 0.3) is 0 Å². The van der Waals surface area contributed by atoms with Gasteiger partial charge in [0.15, 0.2) is 0 Å². The quantitative estimate of drug-likeness (QED) is 0.659. The standard InChI is InChI=1S/C16H27NO2/c1-4-17-10-13-18-11-7-12-19-16-9-6-5-8-15(16)14(2)3/h5-6,8-9,14,17H,4,7,10-13H2,1-3H3. The van der Waals surface area contributed by atoms with Crippen LogP contribution in [0.3, 0.4) is 0 Å². The van der Waals surface area contributed by atoms with E-state index in [0.29, 0.717) is 12.5 Å². The molecule has 108 valence electrons. The second-order valence-corrected chi connectivity index (χ2v) is 4.86. The zero-order valence-electron chi connectivity index (χ0n) is 12.4. The topological polar surface area (TPSA) is 30.5 Å². The van der Waals surface area contributed by atoms with Crippen LogP contribution in [0.5, 0.6) is 5.75 Å². The molecule has 0 heterocycles. The zero-order chi connectivity index (χ0) is 13.9. The third kappa shape index (κ3) is 6.60. The Bertz CT molecular complexity index is 339. The normalized spacial score (nSPS) is 10.9. The molecule has 0 radical (unpaired) electrons. The lowest BCUT2D eigenvalue weighted by Gasteiger charge is -2.13. The van der Waals surface area contributed by atoms with Gasteiger partial charge < -0.3 is 14.8 Å². The van der Waals surface area contributed by atoms with Gasteiger partial charge in [-0.15, -0.1) is 0 Å². The Morgan fingerprint density at radius 2 is 1.89 bits per heavy atom. The van der Waals surface area contributed by atoms with Crippen molar-refractivity contribution >= 4 is 0 Å². The SMILES string of the molecule is CCNCCOCCCOc1ccccc1C(C)C. The Morgan fingerprint density at radius 1 is 1.11 bits per heavy atom. The molecule has 1 aromatic carbocycles. The van der Waals surface area contributed by atoms with Crippen LogP contribution in [0, 0.1) is 0 Å². The molecule has 0 amide bonds. The van der Waals surface area contributed by atoms with E-state index in [1.165, 1.54) is 5.56 Å². The molecule has 0 atom stereocenters. The molecular weight excluding hydrogens is 238 g/mol. The number of rotatable bonds is 10. The first-order valence-electron chi connectivity index (χ1n) is 7.26. The minimum absolute atomic E-state index is 0.493. The number of hydrogen-bond acceptors (Lipinski definition) is 3. The molecule has 0 aliphatic rings. The molecule has 3 nitrogen and oxygen atoms in total. The van der Waals surface area contributed by atoms with E-state index in [1.54, 1.807) is 0 Å². The summed E-state index contributed by atoms with van der Waals surface area (Å²) in [6.45, 7) is 10.6. The second-order valence-electron chi connectivity index (χ2n) is 4.86. The maximum Gasteiger partial charge on any atom is 0.122 e. The molecule has 1 rings (SSSR count). The molecule has 0 aromatic heterocycles. The fraction of sp³-hybridized carbons (Fsp3) is 0.625. The number of para-hydroxylation sites is 1. The molecule has 0 saturated carbocycles. The summed E-state index contributed by atoms with van der Waals surface area (Å²) in [6, 6.07) is 8.26. The van der Waals surface area contributed by atoms with Crippen LogP contribution in [-0.4, -0.2) is 32.9 Å². The monoisotopic (exact) mass is 265 g/mol. The van der Waals surface area contributed by atoms with Gasteiger partial charge in [-0.1, -0.05) is 39.0 Å². The lowest BCUT2D eigenvalue weighted by Crippen LogP contribution is -2.19. The summed E-state index contributed by atoms with van der Waals surface area (Å²) in [7, 11) is 0. The summed E-state index contributed by atoms with van der Waals surface area (Å²) in [6.07, 6.45) is 0.929. The molecule has 0 spiro atoms. The van der Waals surface area contributed by atoms with Crippen molar-refractivity contribution in [2.75, 3.05) is 32.9 Å². The van der Waals surface area contributed by atoms with Crippen LogP contribution in [0.15, 0.2) is 24.3 Å². The molecular formula is C16H27NO2. The third-order valence-corrected chi connectivity index (χ3v) is 2.90. The van der Waals surface area contributed by atoms with Crippen molar-refractivity contribution in [3.8, 4) is 5.75 Å². The Hall–Kier alpha value is -1.06. The van der Waals surface area contributed by atoms with E-state index in [-0.39, 0.29) is 0 Å². The van der Waals surface area contributed by atoms with E-state index in [0.717, 1.165) is 38.5 Å². The van der Waals surface area contributed by atoms with Gasteiger partial charge in [0.2, 0.25) is 0 Å². The maximum absolute atomic E-state index is 5.83. The molecule has 19 heavy (non-hydrogen) atoms. The van der Waals surface area contributed by atoms with Crippen LogP contribution in [0.25, 0.3) is 0 Å². The van der Waals surface area contributed by atoms with Crippen LogP contribution in [0.4, 0.5) is 0 Å². The van der Waals surface area contributed by atoms with E-state index in [1.807, 2.05) is 12.1 Å². The number of benzene rings is 1. The van der Waals surface area contributed by atoms with Crippen LogP contribution >= 0.6 is 0 Å². The minimum atomic E-state index is 0.493. The molecule has 0 bridgehead atoms. The molecule has 1 N–H and O–H groups in total. The molecule has 0 saturated heterocycles. The Balaban J connectivity index is 2.16. The molecule has 0 fully saturated rings. The van der Waals surface area contributed by atoms with E-state index >= 15 is 0 Å². The average molecular weight is 265 g/mol. The number of likely N-dealkylation sites (N-methyl/N-ethyl adjacent to an activating group) is 1. The fourth-order valence-corrected chi connectivity index (χ4v) is 1.86. The van der Waals surface area contributed by atoms with Crippen LogP contribution in [0.2, 0.25) is 0 Å². The van der Waals surface area contributed by atoms with Crippen LogP contribution in [-0.2, 0) is 4.74 Å². The van der Waals surface area contributed by atoms with E-state index < -0.39 is 0 Å². The van der Waals surface area contributed by atoms with Gasteiger partial charge in [0.1, 0.15) is 5.75 Å². The fourth-order valence-electron chi connectivity index (χ4n) is 1.86. The lowest BCUT2D eigenvalue weighted by atomic mass is 10.0. The smallest absolute Gasteiger partial charge is 0.122 e. The summed E-state index contributed by atoms with van der Waals surface area (Å²) in [4.78, 5) is 0. The highest BCUT2D eigenvalue weighted by atomic mass is 16.5. The van der Waals surface area contributed by atoms with Crippen molar-refractivity contribution in [1.29, 1.82) is 0 Å². The largest absolute Gasteiger partial charge is 0.493 e. The van der Waals surface area contributed by atoms with Crippen molar-refractivity contribution in [3.05, 3.63) is 29.8 Å². The highest BCUT2D eigenvalue weighted by Gasteiger charge is 2.06. The number of hydrogen-bond donors (Lipinski definition) is 1. The molecule has 1 aromatic rings. The van der Waals surface area contributed by atoms with Crippen molar-refractivity contribution < 1.29 is 9.47 Å². The summed E-state index contributed by atoms with van der Waals surface area (Å²) < 4.78 is 11.3. The first kappa shape index (κ1) is 16.0. The van der Waals surface area contributed by atoms with Gasteiger partial charge in [-0.05, 0) is 24.1 Å². The molecule has 3 heteroatoms. The van der Waals surface area contributed by atoms with Gasteiger partial charge >= 0.3 is 0 Å². The van der Waals surface area contributed by atoms with Gasteiger partial charge in [-0.25, -0.2) is 0 Å². The first-order valence-corrected chi connectivity index (χ1v) is 7.26. The molecule has 0 aliphatic carbocycles. The summed E-state index contributed by atoms with van der Waals surface area (Å²) in [5.74, 6) is 1.50. The lowest BCUT2D eigenvalue weighted by molar-refractivity contribution is 0.121. The van der Waals surface area contributed by atoms with E-state index in [2.05, 4.69) is 38.2 Å². The second kappa shape index (κ2) is 9.82. The van der Waals surface area contributed by atoms with E-state index in [9.17, 15) is 0 Å². The predicted molar refractivity (Wildman–Crippen MR) is 80.0 cm³/mol. The highest BCUT2D eigenvalue weighted by molar-refractivity contribution is 5.35. The van der Waals surface area contributed by atoms with Crippen molar-refractivity contribution in [2.45, 2.75) is 33.1 Å². The highest BCUT2D eigenvalue weighted by Crippen LogP contribution is 2.25. The summed E-state index contributed by atoms with van der Waals surface area (Å²) in [5, 5.41) is 3.23. The average Bonchev–Trinajstić information content (AvgIpc) is 2.42. The van der Waals surface area contributed by atoms with Crippen molar-refractivity contribution in [3.63, 3.8) is 0 Å². The van der Waals surface area contributed by atoms with Gasteiger partial charge in [-0.3, -0.25) is 0 Å². The Kier molecular flexibility index (Phi) is 8.26. The molecule has 0 aliphatic heterocycles. The predicted octanol–water partition coefficient (Wildman–Crippen LogP) is 3.21. The summed E-state index contributed by atoms with van der Waals surface area (Å²) in [5.41, 5.74) is 1.27. The third-order valence-electron chi connectivity index (χ3n) is 2.90. The first-order chi connectivity index (χ1) is 9.25. The Morgan fingerprint density at radius 3 is 2.63 bits per heavy atom. The molecule has 0 unspecified atom stereocenters. The van der Waals surface area contributed by atoms with Gasteiger partial charge in [-0.2, -0.15) is 0 Å². The van der Waals surface area contributed by atoms with Crippen LogP contribution < -0.4 is 10.1 Å². The van der Waals surface area contributed by atoms with Crippen LogP contribution in [0.1, 0.15) is 38.7 Å². The summed E-state index contributed by atoms with van der Waals surface area (Å²) >= 11 is 0. The number of ether oxygens (including phenoxy) is 2. The Labute approximate surface area is 117 Å². The number of nitrogens with one attached hydrogen (secondary N) is 1. The zero-order valence-corrected chi connectivity index (χ0v) is 12.4.